The number of benzene rings is 1. The molecule has 0 amide bonds. The lowest BCUT2D eigenvalue weighted by Crippen LogP contribution is -2.61. The summed E-state index contributed by atoms with van der Waals surface area (Å²) in [6, 6.07) is 5.25. The molecule has 32 heavy (non-hydrogen) atoms. The van der Waals surface area contributed by atoms with Crippen LogP contribution < -0.4 is 4.90 Å². The van der Waals surface area contributed by atoms with Crippen molar-refractivity contribution in [1.29, 1.82) is 0 Å². The van der Waals surface area contributed by atoms with E-state index in [1.807, 2.05) is 24.0 Å². The highest BCUT2D eigenvalue weighted by molar-refractivity contribution is 7.91. The van der Waals surface area contributed by atoms with Gasteiger partial charge in [-0.05, 0) is 49.9 Å². The molecule has 0 unspecified atom stereocenters. The van der Waals surface area contributed by atoms with E-state index in [2.05, 4.69) is 11.8 Å². The van der Waals surface area contributed by atoms with Gasteiger partial charge in [-0.1, -0.05) is 32.8 Å². The topological polar surface area (TPSA) is 81.2 Å². The summed E-state index contributed by atoms with van der Waals surface area (Å²) in [5.41, 5.74) is 1.45. The van der Waals surface area contributed by atoms with Crippen LogP contribution in [-0.4, -0.2) is 79.3 Å². The van der Waals surface area contributed by atoms with E-state index in [0.717, 1.165) is 37.9 Å². The van der Waals surface area contributed by atoms with Gasteiger partial charge < -0.3 is 14.9 Å². The highest BCUT2D eigenvalue weighted by Gasteiger charge is 2.55. The van der Waals surface area contributed by atoms with Crippen molar-refractivity contribution in [3.8, 4) is 0 Å². The number of piperazine rings is 1. The maximum Gasteiger partial charge on any atom is 0.326 e. The molecule has 1 N–H and O–H groups in total. The van der Waals surface area contributed by atoms with Crippen molar-refractivity contribution in [3.63, 3.8) is 0 Å². The summed E-state index contributed by atoms with van der Waals surface area (Å²) in [6.07, 6.45) is 4.05. The Labute approximate surface area is 191 Å². The number of sulfonamides is 1. The normalized spacial score (nSPS) is 20.4. The van der Waals surface area contributed by atoms with Crippen LogP contribution in [0, 0.1) is 5.82 Å². The fourth-order valence-corrected chi connectivity index (χ4v) is 6.80. The van der Waals surface area contributed by atoms with E-state index in [1.165, 1.54) is 10.4 Å². The number of halogens is 1. The Hall–Kier alpha value is -1.71. The molecule has 0 saturated carbocycles. The summed E-state index contributed by atoms with van der Waals surface area (Å²) in [6.45, 7) is 7.03. The van der Waals surface area contributed by atoms with Gasteiger partial charge in [0.05, 0.1) is 0 Å². The van der Waals surface area contributed by atoms with Crippen LogP contribution in [0.5, 0.6) is 0 Å². The number of hydrogen-bond acceptors (Lipinski definition) is 5. The monoisotopic (exact) mass is 469 g/mol. The van der Waals surface area contributed by atoms with E-state index in [1.54, 1.807) is 0 Å². The van der Waals surface area contributed by atoms with Crippen molar-refractivity contribution in [2.24, 2.45) is 0 Å². The van der Waals surface area contributed by atoms with Gasteiger partial charge in [-0.15, -0.1) is 0 Å². The molecule has 2 aliphatic heterocycles. The summed E-state index contributed by atoms with van der Waals surface area (Å²) in [7, 11) is -4.00. The van der Waals surface area contributed by atoms with Gasteiger partial charge in [0.15, 0.2) is 4.75 Å². The van der Waals surface area contributed by atoms with Crippen molar-refractivity contribution >= 4 is 21.7 Å². The molecule has 180 valence electrons. The second kappa shape index (κ2) is 10.5. The molecule has 0 bridgehead atoms. The maximum atomic E-state index is 14.5. The molecule has 0 spiro atoms. The Balaban J connectivity index is 1.67. The second-order valence-electron chi connectivity index (χ2n) is 8.86. The van der Waals surface area contributed by atoms with Crippen LogP contribution in [0.25, 0.3) is 0 Å². The highest BCUT2D eigenvalue weighted by atomic mass is 32.2. The summed E-state index contributed by atoms with van der Waals surface area (Å²) in [5, 5.41) is 9.90. The highest BCUT2D eigenvalue weighted by Crippen LogP contribution is 2.34. The van der Waals surface area contributed by atoms with Crippen molar-refractivity contribution < 1.29 is 22.7 Å². The zero-order chi connectivity index (χ0) is 23.4. The number of carbonyl (C=O) groups is 1. The van der Waals surface area contributed by atoms with E-state index in [9.17, 15) is 22.7 Å². The molecule has 0 aliphatic carbocycles. The van der Waals surface area contributed by atoms with E-state index in [0.29, 0.717) is 31.7 Å². The third kappa shape index (κ3) is 4.94. The maximum absolute atomic E-state index is 14.5. The molecular weight excluding hydrogens is 433 g/mol. The molecule has 2 aliphatic rings. The van der Waals surface area contributed by atoms with Crippen molar-refractivity contribution in [2.45, 2.75) is 57.1 Å². The van der Waals surface area contributed by atoms with Gasteiger partial charge in [0, 0.05) is 45.0 Å². The number of unbranched alkanes of at least 4 members (excludes halogenated alkanes) is 2. The first-order valence-corrected chi connectivity index (χ1v) is 13.2. The molecule has 2 saturated heterocycles. The molecule has 3 rings (SSSR count). The molecule has 1 aromatic carbocycles. The van der Waals surface area contributed by atoms with Gasteiger partial charge in [0.2, 0.25) is 10.0 Å². The van der Waals surface area contributed by atoms with Crippen molar-refractivity contribution in [1.82, 2.24) is 9.21 Å². The molecule has 9 heteroatoms. The number of rotatable bonds is 9. The van der Waals surface area contributed by atoms with E-state index in [4.69, 9.17) is 0 Å². The molecular formula is C23H36FN3O4S. The smallest absolute Gasteiger partial charge is 0.326 e. The van der Waals surface area contributed by atoms with Crippen molar-refractivity contribution in [2.75, 3.05) is 50.7 Å². The molecule has 7 nitrogen and oxygen atoms in total. The molecule has 1 aromatic rings. The first kappa shape index (κ1) is 24.9. The lowest BCUT2D eigenvalue weighted by atomic mass is 9.96. The number of carboxylic acid groups (broad SMARTS) is 1. The lowest BCUT2D eigenvalue weighted by Gasteiger charge is -2.43. The zero-order valence-electron chi connectivity index (χ0n) is 19.2. The lowest BCUT2D eigenvalue weighted by molar-refractivity contribution is -0.141. The summed E-state index contributed by atoms with van der Waals surface area (Å²) >= 11 is 0. The fourth-order valence-electron chi connectivity index (χ4n) is 4.75. The van der Waals surface area contributed by atoms with Gasteiger partial charge in [-0.3, -0.25) is 4.79 Å². The number of piperidine rings is 1. The third-order valence-electron chi connectivity index (χ3n) is 7.02. The second-order valence-corrected chi connectivity index (χ2v) is 11.1. The van der Waals surface area contributed by atoms with Crippen LogP contribution in [-0.2, 0) is 21.2 Å². The van der Waals surface area contributed by atoms with Crippen LogP contribution in [0.2, 0.25) is 0 Å². The minimum Gasteiger partial charge on any atom is -0.480 e. The Kier molecular flexibility index (Phi) is 8.16. The number of hydrogen-bond donors (Lipinski definition) is 1. The molecule has 0 radical (unpaired) electrons. The Morgan fingerprint density at radius 3 is 2.25 bits per heavy atom. The van der Waals surface area contributed by atoms with Gasteiger partial charge in [0.1, 0.15) is 5.82 Å². The quantitative estimate of drug-likeness (QED) is 0.560. The fraction of sp³-hybridized carbons (Fsp3) is 0.696. The van der Waals surface area contributed by atoms with Crippen LogP contribution >= 0.6 is 0 Å². The predicted octanol–water partition coefficient (Wildman–Crippen LogP) is 2.95. The number of aliphatic carboxylic acids is 1. The number of likely N-dealkylation sites (tertiary alicyclic amines) is 1. The third-order valence-corrected chi connectivity index (χ3v) is 9.64. The van der Waals surface area contributed by atoms with Crippen LogP contribution in [0.1, 0.15) is 51.5 Å². The number of nitrogens with zero attached hydrogens (tertiary/aromatic N) is 3. The SMILES string of the molecule is CCCCCc1ccc(N2CCN(S(=O)(=O)C3(C(=O)O)CCN(CC)CC3)CC2)cc1F. The number of aryl methyl sites for hydroxylation is 1. The van der Waals surface area contributed by atoms with E-state index < -0.39 is 20.7 Å². The van der Waals surface area contributed by atoms with Crippen LogP contribution in [0.4, 0.5) is 10.1 Å². The minimum absolute atomic E-state index is 0.101. The van der Waals surface area contributed by atoms with Gasteiger partial charge in [-0.2, -0.15) is 4.31 Å². The van der Waals surface area contributed by atoms with Gasteiger partial charge >= 0.3 is 5.97 Å². The summed E-state index contributed by atoms with van der Waals surface area (Å²) in [4.78, 5) is 16.2. The largest absolute Gasteiger partial charge is 0.480 e. The van der Waals surface area contributed by atoms with E-state index >= 15 is 0 Å². The average Bonchev–Trinajstić information content (AvgIpc) is 2.80. The molecule has 2 fully saturated rings. The molecule has 0 aromatic heterocycles. The van der Waals surface area contributed by atoms with Gasteiger partial charge in [0.25, 0.3) is 0 Å². The Morgan fingerprint density at radius 2 is 1.72 bits per heavy atom. The predicted molar refractivity (Wildman–Crippen MR) is 124 cm³/mol. The van der Waals surface area contributed by atoms with Gasteiger partial charge in [-0.25, -0.2) is 12.8 Å². The standard InChI is InChI=1S/C23H36FN3O4S/c1-3-5-6-7-19-8-9-20(18-21(19)24)26-14-16-27(17-15-26)32(30,31)23(22(28)29)10-12-25(4-2)13-11-23/h8-9,18H,3-7,10-17H2,1-2H3,(H,28,29). The average molecular weight is 470 g/mol. The summed E-state index contributed by atoms with van der Waals surface area (Å²) < 4.78 is 40.9. The Morgan fingerprint density at radius 1 is 1.06 bits per heavy atom. The Bertz CT molecular complexity index is 893. The first-order valence-electron chi connectivity index (χ1n) is 11.7. The number of anilines is 1. The van der Waals surface area contributed by atoms with Crippen molar-refractivity contribution in [3.05, 3.63) is 29.6 Å². The first-order chi connectivity index (χ1) is 15.2. The zero-order valence-corrected chi connectivity index (χ0v) is 20.0. The van der Waals surface area contributed by atoms with Crippen LogP contribution in [0.3, 0.4) is 0 Å². The van der Waals surface area contributed by atoms with E-state index in [-0.39, 0.29) is 31.7 Å². The molecule has 2 heterocycles. The molecule has 0 atom stereocenters. The summed E-state index contributed by atoms with van der Waals surface area (Å²) in [5.74, 6) is -1.47. The number of carboxylic acids is 1. The van der Waals surface area contributed by atoms with Crippen LogP contribution in [0.15, 0.2) is 18.2 Å². The minimum atomic E-state index is -4.00.